The van der Waals surface area contributed by atoms with Crippen molar-refractivity contribution in [1.82, 2.24) is 5.32 Å². The fourth-order valence-electron chi connectivity index (χ4n) is 3.80. The lowest BCUT2D eigenvalue weighted by atomic mass is 9.80. The Hall–Kier alpha value is -0.570. The van der Waals surface area contributed by atoms with Crippen LogP contribution in [0.3, 0.4) is 0 Å². The maximum Gasteiger partial charge on any atom is 0.240 e. The molecule has 0 aromatic heterocycles. The molecular weight excluding hydrogens is 236 g/mol. The molecule has 19 heavy (non-hydrogen) atoms. The van der Waals surface area contributed by atoms with Crippen molar-refractivity contribution >= 4 is 5.91 Å². The van der Waals surface area contributed by atoms with Crippen LogP contribution < -0.4 is 11.1 Å². The maximum atomic E-state index is 12.2. The van der Waals surface area contributed by atoms with Gasteiger partial charge in [0.1, 0.15) is 0 Å². The highest BCUT2D eigenvalue weighted by Crippen LogP contribution is 2.30. The lowest BCUT2D eigenvalue weighted by Crippen LogP contribution is -2.55. The molecular formula is C16H30N2O. The third kappa shape index (κ3) is 4.20. The van der Waals surface area contributed by atoms with E-state index in [1.54, 1.807) is 0 Å². The van der Waals surface area contributed by atoms with E-state index in [9.17, 15) is 4.79 Å². The molecule has 0 spiro atoms. The van der Waals surface area contributed by atoms with Gasteiger partial charge in [-0.15, -0.1) is 0 Å². The van der Waals surface area contributed by atoms with Crippen LogP contribution in [-0.2, 0) is 4.79 Å². The van der Waals surface area contributed by atoms with Crippen LogP contribution in [0.1, 0.15) is 71.1 Å². The van der Waals surface area contributed by atoms with E-state index in [-0.39, 0.29) is 5.91 Å². The number of carbonyl (C=O) groups excluding carboxylic acids is 1. The number of nitrogens with one attached hydrogen (secondary N) is 1. The predicted octanol–water partition coefficient (Wildman–Crippen LogP) is 2.98. The summed E-state index contributed by atoms with van der Waals surface area (Å²) in [7, 11) is 0. The lowest BCUT2D eigenvalue weighted by Gasteiger charge is -2.32. The second kappa shape index (κ2) is 6.74. The van der Waals surface area contributed by atoms with Gasteiger partial charge in [-0.1, -0.05) is 45.4 Å². The highest BCUT2D eigenvalue weighted by atomic mass is 16.2. The summed E-state index contributed by atoms with van der Waals surface area (Å²) in [5.41, 5.74) is 5.66. The predicted molar refractivity (Wildman–Crippen MR) is 78.8 cm³/mol. The van der Waals surface area contributed by atoms with Gasteiger partial charge in [-0.2, -0.15) is 0 Å². The van der Waals surface area contributed by atoms with Crippen molar-refractivity contribution in [3.63, 3.8) is 0 Å². The van der Waals surface area contributed by atoms with Gasteiger partial charge in [0.2, 0.25) is 5.91 Å². The first-order valence-electron chi connectivity index (χ1n) is 8.17. The van der Waals surface area contributed by atoms with Gasteiger partial charge >= 0.3 is 0 Å². The lowest BCUT2D eigenvalue weighted by molar-refractivity contribution is -0.127. The molecule has 2 aliphatic rings. The highest BCUT2D eigenvalue weighted by Gasteiger charge is 2.34. The van der Waals surface area contributed by atoms with E-state index < -0.39 is 5.54 Å². The summed E-state index contributed by atoms with van der Waals surface area (Å²) in [6.45, 7) is 3.16. The van der Waals surface area contributed by atoms with Gasteiger partial charge in [0.25, 0.3) is 0 Å². The number of carbonyl (C=O) groups is 1. The Morgan fingerprint density at radius 2 is 1.95 bits per heavy atom. The van der Waals surface area contributed by atoms with Crippen LogP contribution in [0.15, 0.2) is 0 Å². The molecule has 3 N–H and O–H groups in total. The Morgan fingerprint density at radius 1 is 1.21 bits per heavy atom. The quantitative estimate of drug-likeness (QED) is 0.822. The van der Waals surface area contributed by atoms with E-state index in [2.05, 4.69) is 12.2 Å². The first-order valence-corrected chi connectivity index (χ1v) is 8.17. The molecule has 0 radical (unpaired) electrons. The minimum absolute atomic E-state index is 0.0936. The van der Waals surface area contributed by atoms with Crippen molar-refractivity contribution < 1.29 is 4.79 Å². The van der Waals surface area contributed by atoms with Gasteiger partial charge in [-0.05, 0) is 37.5 Å². The minimum Gasteiger partial charge on any atom is -0.354 e. The Bertz CT molecular complexity index is 297. The molecule has 2 rings (SSSR count). The van der Waals surface area contributed by atoms with Crippen molar-refractivity contribution in [3.8, 4) is 0 Å². The summed E-state index contributed by atoms with van der Waals surface area (Å²) in [5, 5.41) is 3.09. The standard InChI is InChI=1S/C16H30N2O/c1-13-6-5-7-14(12-13)8-11-18-15(19)16(17)9-3-2-4-10-16/h13-14H,2-12,17H2,1H3,(H,18,19). The zero-order valence-electron chi connectivity index (χ0n) is 12.4. The second-order valence-corrected chi connectivity index (χ2v) is 6.90. The van der Waals surface area contributed by atoms with Crippen molar-refractivity contribution in [1.29, 1.82) is 0 Å². The van der Waals surface area contributed by atoms with Gasteiger partial charge in [0.15, 0.2) is 0 Å². The van der Waals surface area contributed by atoms with Crippen molar-refractivity contribution in [3.05, 3.63) is 0 Å². The Balaban J connectivity index is 1.68. The van der Waals surface area contributed by atoms with Crippen LogP contribution in [0.5, 0.6) is 0 Å². The molecule has 2 aliphatic carbocycles. The molecule has 2 saturated carbocycles. The van der Waals surface area contributed by atoms with E-state index in [1.165, 1.54) is 32.1 Å². The first kappa shape index (κ1) is 14.8. The number of hydrogen-bond donors (Lipinski definition) is 2. The fourth-order valence-corrected chi connectivity index (χ4v) is 3.80. The summed E-state index contributed by atoms with van der Waals surface area (Å²) in [6, 6.07) is 0. The van der Waals surface area contributed by atoms with Gasteiger partial charge in [0.05, 0.1) is 5.54 Å². The van der Waals surface area contributed by atoms with Gasteiger partial charge in [-0.3, -0.25) is 4.79 Å². The zero-order chi connectivity index (χ0) is 13.7. The van der Waals surface area contributed by atoms with E-state index in [4.69, 9.17) is 5.73 Å². The summed E-state index contributed by atoms with van der Waals surface area (Å²) < 4.78 is 0. The van der Waals surface area contributed by atoms with Crippen molar-refractivity contribution in [2.75, 3.05) is 6.54 Å². The minimum atomic E-state index is -0.571. The Labute approximate surface area is 117 Å². The zero-order valence-corrected chi connectivity index (χ0v) is 12.4. The summed E-state index contributed by atoms with van der Waals surface area (Å²) in [4.78, 5) is 12.2. The summed E-state index contributed by atoms with van der Waals surface area (Å²) in [6.07, 6.45) is 11.7. The normalized spacial score (nSPS) is 30.8. The van der Waals surface area contributed by atoms with Gasteiger partial charge in [-0.25, -0.2) is 0 Å². The fraction of sp³-hybridized carbons (Fsp3) is 0.938. The molecule has 0 aromatic carbocycles. The first-order chi connectivity index (χ1) is 9.10. The third-order valence-electron chi connectivity index (χ3n) is 5.08. The highest BCUT2D eigenvalue weighted by molar-refractivity contribution is 5.86. The van der Waals surface area contributed by atoms with Crippen LogP contribution in [0.25, 0.3) is 0 Å². The van der Waals surface area contributed by atoms with Crippen LogP contribution in [0.4, 0.5) is 0 Å². The van der Waals surface area contributed by atoms with Crippen molar-refractivity contribution in [2.24, 2.45) is 17.6 Å². The van der Waals surface area contributed by atoms with E-state index in [1.807, 2.05) is 0 Å². The van der Waals surface area contributed by atoms with E-state index in [0.29, 0.717) is 0 Å². The molecule has 0 saturated heterocycles. The molecule has 2 unspecified atom stereocenters. The van der Waals surface area contributed by atoms with Gasteiger partial charge in [0, 0.05) is 6.54 Å². The van der Waals surface area contributed by atoms with E-state index in [0.717, 1.165) is 50.5 Å². The van der Waals surface area contributed by atoms with E-state index >= 15 is 0 Å². The largest absolute Gasteiger partial charge is 0.354 e. The molecule has 0 heterocycles. The van der Waals surface area contributed by atoms with Crippen LogP contribution >= 0.6 is 0 Å². The summed E-state index contributed by atoms with van der Waals surface area (Å²) in [5.74, 6) is 1.77. The molecule has 2 atom stereocenters. The molecule has 0 aliphatic heterocycles. The van der Waals surface area contributed by atoms with Crippen LogP contribution in [-0.4, -0.2) is 18.0 Å². The van der Waals surface area contributed by atoms with Gasteiger partial charge < -0.3 is 11.1 Å². The van der Waals surface area contributed by atoms with Crippen molar-refractivity contribution in [2.45, 2.75) is 76.7 Å². The molecule has 110 valence electrons. The molecule has 1 amide bonds. The number of amides is 1. The topological polar surface area (TPSA) is 55.1 Å². The number of rotatable bonds is 4. The maximum absolute atomic E-state index is 12.2. The average Bonchev–Trinajstić information content (AvgIpc) is 2.39. The molecule has 0 aromatic rings. The molecule has 3 heteroatoms. The molecule has 3 nitrogen and oxygen atoms in total. The molecule has 0 bridgehead atoms. The average molecular weight is 266 g/mol. The smallest absolute Gasteiger partial charge is 0.240 e. The SMILES string of the molecule is CC1CCCC(CCNC(=O)C2(N)CCCCC2)C1. The second-order valence-electron chi connectivity index (χ2n) is 6.90. The Morgan fingerprint density at radius 3 is 2.63 bits per heavy atom. The Kier molecular flexibility index (Phi) is 5.26. The number of nitrogens with two attached hydrogens (primary N) is 1. The number of hydrogen-bond acceptors (Lipinski definition) is 2. The van der Waals surface area contributed by atoms with Crippen LogP contribution in [0, 0.1) is 11.8 Å². The monoisotopic (exact) mass is 266 g/mol. The third-order valence-corrected chi connectivity index (χ3v) is 5.08. The molecule has 2 fully saturated rings. The van der Waals surface area contributed by atoms with Crippen LogP contribution in [0.2, 0.25) is 0 Å². The summed E-state index contributed by atoms with van der Waals surface area (Å²) >= 11 is 0.